The van der Waals surface area contributed by atoms with E-state index in [-0.39, 0.29) is 12.4 Å². The van der Waals surface area contributed by atoms with Crippen molar-refractivity contribution in [2.75, 3.05) is 14.2 Å². The van der Waals surface area contributed by atoms with Crippen LogP contribution in [0.2, 0.25) is 5.02 Å². The number of halogens is 2. The maximum absolute atomic E-state index is 6.24. The molecule has 0 saturated carbocycles. The highest BCUT2D eigenvalue weighted by Gasteiger charge is 2.11. The lowest BCUT2D eigenvalue weighted by Gasteiger charge is -2.16. The fourth-order valence-corrected chi connectivity index (χ4v) is 2.81. The van der Waals surface area contributed by atoms with Crippen LogP contribution in [0.15, 0.2) is 42.5 Å². The smallest absolute Gasteiger partial charge is 0.179 e. The molecule has 0 amide bonds. The van der Waals surface area contributed by atoms with Crippen molar-refractivity contribution in [3.63, 3.8) is 0 Å². The van der Waals surface area contributed by atoms with Crippen LogP contribution in [0.1, 0.15) is 24.5 Å². The predicted molar refractivity (Wildman–Crippen MR) is 103 cm³/mol. The van der Waals surface area contributed by atoms with Crippen molar-refractivity contribution in [2.45, 2.75) is 32.4 Å². The van der Waals surface area contributed by atoms with Crippen molar-refractivity contribution < 1.29 is 9.47 Å². The van der Waals surface area contributed by atoms with E-state index in [4.69, 9.17) is 21.1 Å². The summed E-state index contributed by atoms with van der Waals surface area (Å²) in [5.74, 6) is 1.24. The van der Waals surface area contributed by atoms with Gasteiger partial charge in [-0.2, -0.15) is 0 Å². The molecule has 0 aromatic heterocycles. The Morgan fingerprint density at radius 3 is 2.38 bits per heavy atom. The highest BCUT2D eigenvalue weighted by atomic mass is 35.5. The fraction of sp³-hybridized carbons (Fsp3) is 0.368. The summed E-state index contributed by atoms with van der Waals surface area (Å²) in [6, 6.07) is 14.8. The van der Waals surface area contributed by atoms with Gasteiger partial charge in [-0.15, -0.1) is 12.4 Å². The van der Waals surface area contributed by atoms with Crippen LogP contribution in [0.4, 0.5) is 0 Å². The lowest BCUT2D eigenvalue weighted by Crippen LogP contribution is -2.26. The van der Waals surface area contributed by atoms with Gasteiger partial charge in [-0.05, 0) is 43.0 Å². The second-order valence-electron chi connectivity index (χ2n) is 5.62. The third-order valence-corrected chi connectivity index (χ3v) is 4.14. The van der Waals surface area contributed by atoms with Gasteiger partial charge in [0, 0.05) is 12.6 Å². The van der Waals surface area contributed by atoms with Crippen LogP contribution in [0.25, 0.3) is 0 Å². The Kier molecular flexibility index (Phi) is 8.98. The van der Waals surface area contributed by atoms with Crippen LogP contribution in [0.5, 0.6) is 11.5 Å². The first-order valence-corrected chi connectivity index (χ1v) is 8.19. The van der Waals surface area contributed by atoms with Crippen molar-refractivity contribution in [3.8, 4) is 11.5 Å². The van der Waals surface area contributed by atoms with E-state index in [1.165, 1.54) is 5.56 Å². The average Bonchev–Trinajstić information content (AvgIpc) is 2.58. The van der Waals surface area contributed by atoms with E-state index in [9.17, 15) is 0 Å². The number of nitrogens with one attached hydrogen (secondary N) is 1. The molecular formula is C19H25Cl2NO2. The Hall–Kier alpha value is -1.42. The molecule has 0 radical (unpaired) electrons. The molecule has 2 rings (SSSR count). The van der Waals surface area contributed by atoms with Crippen molar-refractivity contribution in [1.82, 2.24) is 5.32 Å². The zero-order valence-electron chi connectivity index (χ0n) is 14.3. The first kappa shape index (κ1) is 20.6. The number of hydrogen-bond acceptors (Lipinski definition) is 3. The van der Waals surface area contributed by atoms with E-state index in [0.29, 0.717) is 22.6 Å². The van der Waals surface area contributed by atoms with Gasteiger partial charge in [0.05, 0.1) is 19.2 Å². The molecule has 0 aliphatic rings. The number of ether oxygens (including phenoxy) is 2. The van der Waals surface area contributed by atoms with E-state index in [2.05, 4.69) is 36.5 Å². The summed E-state index contributed by atoms with van der Waals surface area (Å²) in [4.78, 5) is 0. The first-order chi connectivity index (χ1) is 11.1. The van der Waals surface area contributed by atoms with Crippen LogP contribution in [-0.2, 0) is 13.0 Å². The second-order valence-corrected chi connectivity index (χ2v) is 6.03. The molecule has 0 heterocycles. The second kappa shape index (κ2) is 10.4. The molecule has 0 aliphatic heterocycles. The quantitative estimate of drug-likeness (QED) is 0.718. The maximum Gasteiger partial charge on any atom is 0.179 e. The Labute approximate surface area is 155 Å². The summed E-state index contributed by atoms with van der Waals surface area (Å²) in [6.07, 6.45) is 2.16. The van der Waals surface area contributed by atoms with Crippen LogP contribution in [-0.4, -0.2) is 20.3 Å². The van der Waals surface area contributed by atoms with E-state index < -0.39 is 0 Å². The SMILES string of the molecule is COc1cc(CNC(C)CCc2ccccc2)cc(Cl)c1OC.Cl. The van der Waals surface area contributed by atoms with E-state index in [1.54, 1.807) is 14.2 Å². The summed E-state index contributed by atoms with van der Waals surface area (Å²) >= 11 is 6.24. The minimum Gasteiger partial charge on any atom is -0.493 e. The van der Waals surface area contributed by atoms with Crippen molar-refractivity contribution in [3.05, 3.63) is 58.6 Å². The molecule has 1 N–H and O–H groups in total. The Morgan fingerprint density at radius 1 is 1.04 bits per heavy atom. The number of hydrogen-bond donors (Lipinski definition) is 1. The standard InChI is InChI=1S/C19H24ClNO2.ClH/c1-14(9-10-15-7-5-4-6-8-15)21-13-16-11-17(20)19(23-3)18(12-16)22-2;/h4-8,11-12,14,21H,9-10,13H2,1-3H3;1H. The normalized spacial score (nSPS) is 11.5. The zero-order valence-corrected chi connectivity index (χ0v) is 15.9. The largest absolute Gasteiger partial charge is 0.493 e. The minimum atomic E-state index is 0. The highest BCUT2D eigenvalue weighted by Crippen LogP contribution is 2.35. The van der Waals surface area contributed by atoms with Gasteiger partial charge in [-0.1, -0.05) is 41.9 Å². The fourth-order valence-electron chi connectivity index (χ4n) is 2.50. The van der Waals surface area contributed by atoms with Crippen LogP contribution in [0.3, 0.4) is 0 Å². The van der Waals surface area contributed by atoms with Crippen molar-refractivity contribution >= 4 is 24.0 Å². The molecule has 24 heavy (non-hydrogen) atoms. The third-order valence-electron chi connectivity index (χ3n) is 3.86. The molecular weight excluding hydrogens is 345 g/mol. The molecule has 132 valence electrons. The number of benzene rings is 2. The molecule has 5 heteroatoms. The Bertz CT molecular complexity index is 620. The molecule has 1 atom stereocenters. The van der Waals surface area contributed by atoms with Gasteiger partial charge in [0.2, 0.25) is 0 Å². The van der Waals surface area contributed by atoms with E-state index in [1.807, 2.05) is 18.2 Å². The van der Waals surface area contributed by atoms with Gasteiger partial charge in [0.1, 0.15) is 0 Å². The third kappa shape index (κ3) is 5.90. The lowest BCUT2D eigenvalue weighted by atomic mass is 10.1. The average molecular weight is 370 g/mol. The van der Waals surface area contributed by atoms with Gasteiger partial charge in [-0.3, -0.25) is 0 Å². The van der Waals surface area contributed by atoms with Crippen LogP contribution >= 0.6 is 24.0 Å². The van der Waals surface area contributed by atoms with Crippen LogP contribution in [0, 0.1) is 0 Å². The van der Waals surface area contributed by atoms with Gasteiger partial charge < -0.3 is 14.8 Å². The molecule has 1 unspecified atom stereocenters. The van der Waals surface area contributed by atoms with Gasteiger partial charge >= 0.3 is 0 Å². The Balaban J connectivity index is 0.00000288. The van der Waals surface area contributed by atoms with E-state index in [0.717, 1.165) is 24.9 Å². The van der Waals surface area contributed by atoms with E-state index >= 15 is 0 Å². The minimum absolute atomic E-state index is 0. The van der Waals surface area contributed by atoms with Crippen LogP contribution < -0.4 is 14.8 Å². The van der Waals surface area contributed by atoms with Gasteiger partial charge in [0.15, 0.2) is 11.5 Å². The summed E-state index contributed by atoms with van der Waals surface area (Å²) in [5, 5.41) is 4.10. The predicted octanol–water partition coefficient (Wildman–Crippen LogP) is 4.89. The topological polar surface area (TPSA) is 30.5 Å². The molecule has 2 aromatic rings. The number of aryl methyl sites for hydroxylation is 1. The number of rotatable bonds is 8. The summed E-state index contributed by atoms with van der Waals surface area (Å²) in [6.45, 7) is 2.95. The monoisotopic (exact) mass is 369 g/mol. The van der Waals surface area contributed by atoms with Gasteiger partial charge in [0.25, 0.3) is 0 Å². The molecule has 0 saturated heterocycles. The summed E-state index contributed by atoms with van der Waals surface area (Å²) < 4.78 is 10.6. The maximum atomic E-state index is 6.24. The lowest BCUT2D eigenvalue weighted by molar-refractivity contribution is 0.354. The molecule has 2 aromatic carbocycles. The van der Waals surface area contributed by atoms with Crippen molar-refractivity contribution in [2.24, 2.45) is 0 Å². The molecule has 0 aliphatic carbocycles. The van der Waals surface area contributed by atoms with Crippen molar-refractivity contribution in [1.29, 1.82) is 0 Å². The molecule has 0 fully saturated rings. The highest BCUT2D eigenvalue weighted by molar-refractivity contribution is 6.32. The Morgan fingerprint density at radius 2 is 1.75 bits per heavy atom. The first-order valence-electron chi connectivity index (χ1n) is 7.81. The summed E-state index contributed by atoms with van der Waals surface area (Å²) in [5.41, 5.74) is 2.45. The summed E-state index contributed by atoms with van der Waals surface area (Å²) in [7, 11) is 3.21. The molecule has 3 nitrogen and oxygen atoms in total. The number of methoxy groups -OCH3 is 2. The molecule has 0 bridgehead atoms. The van der Waals surface area contributed by atoms with Gasteiger partial charge in [-0.25, -0.2) is 0 Å². The zero-order chi connectivity index (χ0) is 16.7. The molecule has 0 spiro atoms.